The molecular weight excluding hydrogens is 247 g/mol. The van der Waals surface area contributed by atoms with Crippen molar-refractivity contribution in [3.63, 3.8) is 0 Å². The Morgan fingerprint density at radius 1 is 1.53 bits per heavy atom. The zero-order valence-electron chi connectivity index (χ0n) is 10.7. The monoisotopic (exact) mass is 262 g/mol. The molecule has 1 aromatic heterocycles. The summed E-state index contributed by atoms with van der Waals surface area (Å²) in [6.07, 6.45) is 2.14. The number of halogens is 1. The molecule has 1 aliphatic rings. The average Bonchev–Trinajstić information content (AvgIpc) is 2.42. The maximum atomic E-state index is 12.7. The molecule has 0 aromatic carbocycles. The van der Waals surface area contributed by atoms with Gasteiger partial charge in [0.25, 0.3) is 5.91 Å². The van der Waals surface area contributed by atoms with E-state index in [0.717, 1.165) is 19.3 Å². The molecule has 1 saturated heterocycles. The Kier molecular flexibility index (Phi) is 3.76. The van der Waals surface area contributed by atoms with Crippen LogP contribution in [0.15, 0.2) is 18.3 Å². The number of nitriles is 1. The molecule has 6 heteroatoms. The number of rotatable bonds is 2. The van der Waals surface area contributed by atoms with E-state index in [9.17, 15) is 14.4 Å². The van der Waals surface area contributed by atoms with Crippen molar-refractivity contribution in [1.29, 1.82) is 5.26 Å². The molecule has 19 heavy (non-hydrogen) atoms. The van der Waals surface area contributed by atoms with E-state index in [0.29, 0.717) is 12.8 Å². The van der Waals surface area contributed by atoms with Crippen LogP contribution in [0.2, 0.25) is 0 Å². The normalized spacial score (nSPS) is 18.6. The van der Waals surface area contributed by atoms with Crippen LogP contribution in [0.3, 0.4) is 0 Å². The third-order valence-corrected chi connectivity index (χ3v) is 3.37. The van der Waals surface area contributed by atoms with Gasteiger partial charge in [0.05, 0.1) is 12.3 Å². The van der Waals surface area contributed by atoms with Gasteiger partial charge < -0.3 is 10.2 Å². The molecule has 2 heterocycles. The third-order valence-electron chi connectivity index (χ3n) is 3.37. The number of pyridine rings is 1. The first-order valence-corrected chi connectivity index (χ1v) is 6.08. The standard InChI is InChI=1S/C13H15FN4O/c1-18-6-4-13(9-15,5-7-18)17-12(19)11-3-2-10(14)8-16-11/h2-3,8H,4-7H2,1H3,(H,17,19). The first-order chi connectivity index (χ1) is 9.04. The van der Waals surface area contributed by atoms with Crippen LogP contribution < -0.4 is 5.32 Å². The molecule has 0 bridgehead atoms. The Labute approximate surface area is 111 Å². The molecular formula is C13H15FN4O. The van der Waals surface area contributed by atoms with Crippen molar-refractivity contribution in [1.82, 2.24) is 15.2 Å². The zero-order chi connectivity index (χ0) is 13.9. The summed E-state index contributed by atoms with van der Waals surface area (Å²) in [5, 5.41) is 12.0. The molecule has 0 saturated carbocycles. The van der Waals surface area contributed by atoms with E-state index in [1.165, 1.54) is 12.1 Å². The minimum atomic E-state index is -0.848. The summed E-state index contributed by atoms with van der Waals surface area (Å²) in [7, 11) is 1.98. The summed E-state index contributed by atoms with van der Waals surface area (Å²) in [4.78, 5) is 17.8. The zero-order valence-corrected chi connectivity index (χ0v) is 10.7. The van der Waals surface area contributed by atoms with Crippen LogP contribution in [0, 0.1) is 17.1 Å². The Morgan fingerprint density at radius 3 is 2.74 bits per heavy atom. The van der Waals surface area contributed by atoms with Crippen LogP contribution in [0.4, 0.5) is 4.39 Å². The van der Waals surface area contributed by atoms with Crippen molar-refractivity contribution >= 4 is 5.91 Å². The molecule has 1 fully saturated rings. The maximum Gasteiger partial charge on any atom is 0.271 e. The molecule has 5 nitrogen and oxygen atoms in total. The molecule has 0 aliphatic carbocycles. The van der Waals surface area contributed by atoms with Gasteiger partial charge in [0.1, 0.15) is 17.1 Å². The minimum Gasteiger partial charge on any atom is -0.332 e. The van der Waals surface area contributed by atoms with Gasteiger partial charge in [0.15, 0.2) is 0 Å². The molecule has 0 unspecified atom stereocenters. The maximum absolute atomic E-state index is 12.7. The molecule has 2 rings (SSSR count). The first-order valence-electron chi connectivity index (χ1n) is 6.08. The summed E-state index contributed by atoms with van der Waals surface area (Å²) in [5.41, 5.74) is -0.727. The fourth-order valence-corrected chi connectivity index (χ4v) is 2.06. The van der Waals surface area contributed by atoms with Gasteiger partial charge in [-0.3, -0.25) is 4.79 Å². The Morgan fingerprint density at radius 2 is 2.21 bits per heavy atom. The quantitative estimate of drug-likeness (QED) is 0.861. The highest BCUT2D eigenvalue weighted by Crippen LogP contribution is 2.21. The first kappa shape index (κ1) is 13.4. The predicted molar refractivity (Wildman–Crippen MR) is 66.7 cm³/mol. The van der Waals surface area contributed by atoms with Gasteiger partial charge in [-0.1, -0.05) is 0 Å². The summed E-state index contributed by atoms with van der Waals surface area (Å²) in [5.74, 6) is -0.933. The molecule has 1 aromatic rings. The second-order valence-electron chi connectivity index (χ2n) is 4.81. The lowest BCUT2D eigenvalue weighted by molar-refractivity contribution is 0.0876. The number of carbonyl (C=O) groups is 1. The number of likely N-dealkylation sites (tertiary alicyclic amines) is 1. The second kappa shape index (κ2) is 5.33. The molecule has 0 atom stereocenters. The van der Waals surface area contributed by atoms with Gasteiger partial charge in [-0.25, -0.2) is 9.37 Å². The van der Waals surface area contributed by atoms with Crippen molar-refractivity contribution in [3.05, 3.63) is 29.8 Å². The molecule has 1 aliphatic heterocycles. The number of amides is 1. The van der Waals surface area contributed by atoms with Gasteiger partial charge in [-0.05, 0) is 32.0 Å². The van der Waals surface area contributed by atoms with Crippen molar-refractivity contribution in [3.8, 4) is 6.07 Å². The van der Waals surface area contributed by atoms with Crippen LogP contribution in [0.1, 0.15) is 23.3 Å². The van der Waals surface area contributed by atoms with Crippen LogP contribution in [-0.2, 0) is 0 Å². The Hall–Kier alpha value is -2.00. The van der Waals surface area contributed by atoms with E-state index in [4.69, 9.17) is 0 Å². The Bertz CT molecular complexity index is 500. The van der Waals surface area contributed by atoms with Crippen LogP contribution in [-0.4, -0.2) is 41.5 Å². The van der Waals surface area contributed by atoms with E-state index in [2.05, 4.69) is 21.3 Å². The lowest BCUT2D eigenvalue weighted by Gasteiger charge is -2.35. The number of piperidine rings is 1. The third kappa shape index (κ3) is 3.06. The van der Waals surface area contributed by atoms with Gasteiger partial charge >= 0.3 is 0 Å². The van der Waals surface area contributed by atoms with Crippen LogP contribution >= 0.6 is 0 Å². The van der Waals surface area contributed by atoms with Gasteiger partial charge in [0.2, 0.25) is 0 Å². The van der Waals surface area contributed by atoms with E-state index in [1.54, 1.807) is 0 Å². The fourth-order valence-electron chi connectivity index (χ4n) is 2.06. The molecule has 100 valence electrons. The van der Waals surface area contributed by atoms with Crippen LogP contribution in [0.5, 0.6) is 0 Å². The number of carbonyl (C=O) groups excluding carboxylic acids is 1. The van der Waals surface area contributed by atoms with E-state index >= 15 is 0 Å². The van der Waals surface area contributed by atoms with E-state index in [1.807, 2.05) is 7.05 Å². The molecule has 0 spiro atoms. The topological polar surface area (TPSA) is 69.0 Å². The minimum absolute atomic E-state index is 0.120. The smallest absolute Gasteiger partial charge is 0.271 e. The average molecular weight is 262 g/mol. The summed E-state index contributed by atoms with van der Waals surface area (Å²) in [6, 6.07) is 4.68. The highest BCUT2D eigenvalue weighted by atomic mass is 19.1. The van der Waals surface area contributed by atoms with Gasteiger partial charge in [-0.15, -0.1) is 0 Å². The summed E-state index contributed by atoms with van der Waals surface area (Å²) >= 11 is 0. The van der Waals surface area contributed by atoms with Crippen molar-refractivity contribution in [2.75, 3.05) is 20.1 Å². The van der Waals surface area contributed by atoms with Crippen molar-refractivity contribution < 1.29 is 9.18 Å². The number of hydrogen-bond acceptors (Lipinski definition) is 4. The van der Waals surface area contributed by atoms with Gasteiger partial charge in [-0.2, -0.15) is 5.26 Å². The number of nitrogens with one attached hydrogen (secondary N) is 1. The molecule has 0 radical (unpaired) electrons. The molecule has 1 N–H and O–H groups in total. The lowest BCUT2D eigenvalue weighted by atomic mass is 9.89. The highest BCUT2D eigenvalue weighted by Gasteiger charge is 2.35. The van der Waals surface area contributed by atoms with Crippen molar-refractivity contribution in [2.24, 2.45) is 0 Å². The fraction of sp³-hybridized carbons (Fsp3) is 0.462. The highest BCUT2D eigenvalue weighted by molar-refractivity contribution is 5.93. The van der Waals surface area contributed by atoms with Crippen molar-refractivity contribution in [2.45, 2.75) is 18.4 Å². The number of hydrogen-bond donors (Lipinski definition) is 1. The van der Waals surface area contributed by atoms with Crippen LogP contribution in [0.25, 0.3) is 0 Å². The lowest BCUT2D eigenvalue weighted by Crippen LogP contribution is -2.53. The molecule has 1 amide bonds. The summed E-state index contributed by atoms with van der Waals surface area (Å²) < 4.78 is 12.7. The van der Waals surface area contributed by atoms with Gasteiger partial charge in [0, 0.05) is 13.1 Å². The predicted octanol–water partition coefficient (Wildman–Crippen LogP) is 0.938. The number of aromatic nitrogens is 1. The van der Waals surface area contributed by atoms with E-state index in [-0.39, 0.29) is 5.69 Å². The number of nitrogens with zero attached hydrogens (tertiary/aromatic N) is 3. The Balaban J connectivity index is 2.09. The second-order valence-corrected chi connectivity index (χ2v) is 4.81. The van der Waals surface area contributed by atoms with E-state index < -0.39 is 17.3 Å². The SMILES string of the molecule is CN1CCC(C#N)(NC(=O)c2ccc(F)cn2)CC1. The largest absolute Gasteiger partial charge is 0.332 e. The summed E-state index contributed by atoms with van der Waals surface area (Å²) in [6.45, 7) is 1.51.